The molecule has 2 heterocycles. The van der Waals surface area contributed by atoms with Crippen molar-refractivity contribution in [3.63, 3.8) is 0 Å². The van der Waals surface area contributed by atoms with Crippen LogP contribution in [0.3, 0.4) is 0 Å². The molecular weight excluding hydrogens is 264 g/mol. The third-order valence-corrected chi connectivity index (χ3v) is 4.74. The summed E-state index contributed by atoms with van der Waals surface area (Å²) in [4.78, 5) is 0. The van der Waals surface area contributed by atoms with Crippen LogP contribution in [0, 0.1) is 5.92 Å². The lowest BCUT2D eigenvalue weighted by atomic mass is 9.86. The van der Waals surface area contributed by atoms with Gasteiger partial charge in [-0.1, -0.05) is 18.2 Å². The van der Waals surface area contributed by atoms with Gasteiger partial charge in [-0.15, -0.1) is 23.7 Å². The second-order valence-electron chi connectivity index (χ2n) is 4.80. The van der Waals surface area contributed by atoms with E-state index in [1.54, 1.807) is 0 Å². The fourth-order valence-corrected chi connectivity index (χ4v) is 3.72. The number of halogens is 1. The van der Waals surface area contributed by atoms with Gasteiger partial charge in [-0.3, -0.25) is 0 Å². The summed E-state index contributed by atoms with van der Waals surface area (Å²) >= 11 is 1.81. The maximum atomic E-state index is 6.46. The van der Waals surface area contributed by atoms with Crippen molar-refractivity contribution in [2.45, 2.75) is 18.9 Å². The number of nitrogens with two attached hydrogens (primary N) is 1. The zero-order valence-electron chi connectivity index (χ0n) is 10.3. The second-order valence-corrected chi connectivity index (χ2v) is 5.71. The van der Waals surface area contributed by atoms with Crippen molar-refractivity contribution in [2.75, 3.05) is 13.1 Å². The first-order valence-corrected chi connectivity index (χ1v) is 7.16. The van der Waals surface area contributed by atoms with Crippen molar-refractivity contribution >= 4 is 33.8 Å². The zero-order valence-corrected chi connectivity index (χ0v) is 11.9. The summed E-state index contributed by atoms with van der Waals surface area (Å²) < 4.78 is 1.35. The number of benzene rings is 1. The Morgan fingerprint density at radius 2 is 1.94 bits per heavy atom. The standard InChI is InChI=1S/C14H18N2S.ClH/c15-14(10-5-7-16-8-6-10)12-9-17-13-4-2-1-3-11(12)13;/h1-4,9-10,14,16H,5-8,15H2;1H/t14-;/m1./s1. The highest BCUT2D eigenvalue weighted by atomic mass is 35.5. The Morgan fingerprint density at radius 1 is 1.22 bits per heavy atom. The van der Waals surface area contributed by atoms with E-state index in [0.717, 1.165) is 13.1 Å². The normalized spacial score (nSPS) is 18.5. The van der Waals surface area contributed by atoms with E-state index in [-0.39, 0.29) is 18.4 Å². The van der Waals surface area contributed by atoms with Crippen LogP contribution in [0.4, 0.5) is 0 Å². The Morgan fingerprint density at radius 3 is 2.72 bits per heavy atom. The van der Waals surface area contributed by atoms with Gasteiger partial charge in [-0.2, -0.15) is 0 Å². The smallest absolute Gasteiger partial charge is 0.0346 e. The van der Waals surface area contributed by atoms with E-state index < -0.39 is 0 Å². The Labute approximate surface area is 118 Å². The molecule has 1 fully saturated rings. The molecule has 2 nitrogen and oxygen atoms in total. The van der Waals surface area contributed by atoms with Crippen LogP contribution in [0.5, 0.6) is 0 Å². The fraction of sp³-hybridized carbons (Fsp3) is 0.429. The molecule has 0 spiro atoms. The maximum Gasteiger partial charge on any atom is 0.0346 e. The molecule has 1 aromatic carbocycles. The van der Waals surface area contributed by atoms with Crippen LogP contribution in [0.25, 0.3) is 10.1 Å². The maximum absolute atomic E-state index is 6.46. The van der Waals surface area contributed by atoms with E-state index in [0.29, 0.717) is 5.92 Å². The molecule has 1 aliphatic rings. The summed E-state index contributed by atoms with van der Waals surface area (Å²) in [6.45, 7) is 2.22. The van der Waals surface area contributed by atoms with Gasteiger partial charge in [0, 0.05) is 10.7 Å². The van der Waals surface area contributed by atoms with Gasteiger partial charge in [-0.05, 0) is 54.2 Å². The summed E-state index contributed by atoms with van der Waals surface area (Å²) in [6, 6.07) is 8.78. The molecule has 0 amide bonds. The summed E-state index contributed by atoms with van der Waals surface area (Å²) in [7, 11) is 0. The molecule has 1 saturated heterocycles. The largest absolute Gasteiger partial charge is 0.324 e. The topological polar surface area (TPSA) is 38.0 Å². The first-order valence-electron chi connectivity index (χ1n) is 6.28. The van der Waals surface area contributed by atoms with Crippen LogP contribution < -0.4 is 11.1 Å². The molecule has 18 heavy (non-hydrogen) atoms. The molecule has 0 aliphatic carbocycles. The summed E-state index contributed by atoms with van der Waals surface area (Å²) in [5.41, 5.74) is 7.80. The summed E-state index contributed by atoms with van der Waals surface area (Å²) in [5.74, 6) is 0.634. The predicted octanol–water partition coefficient (Wildman–Crippen LogP) is 3.32. The number of rotatable bonds is 2. The molecule has 3 N–H and O–H groups in total. The highest BCUT2D eigenvalue weighted by Gasteiger charge is 2.23. The number of hydrogen-bond donors (Lipinski definition) is 2. The van der Waals surface area contributed by atoms with Gasteiger partial charge in [0.2, 0.25) is 0 Å². The summed E-state index contributed by atoms with van der Waals surface area (Å²) in [6.07, 6.45) is 2.40. The number of piperidine rings is 1. The molecule has 2 aromatic rings. The zero-order chi connectivity index (χ0) is 11.7. The van der Waals surface area contributed by atoms with Crippen LogP contribution in [0.15, 0.2) is 29.6 Å². The van der Waals surface area contributed by atoms with E-state index in [9.17, 15) is 0 Å². The van der Waals surface area contributed by atoms with Gasteiger partial charge in [-0.25, -0.2) is 0 Å². The fourth-order valence-electron chi connectivity index (χ4n) is 2.71. The Kier molecular flexibility index (Phi) is 4.62. The molecular formula is C14H19ClN2S. The number of thiophene rings is 1. The Bertz CT molecular complexity index is 505. The molecule has 4 heteroatoms. The molecule has 0 saturated carbocycles. The van der Waals surface area contributed by atoms with E-state index in [4.69, 9.17) is 5.73 Å². The van der Waals surface area contributed by atoms with Crippen molar-refractivity contribution in [3.05, 3.63) is 35.2 Å². The van der Waals surface area contributed by atoms with Crippen molar-refractivity contribution in [1.82, 2.24) is 5.32 Å². The third kappa shape index (κ3) is 2.54. The Hall–Kier alpha value is -0.610. The second kappa shape index (κ2) is 6.02. The van der Waals surface area contributed by atoms with Crippen molar-refractivity contribution < 1.29 is 0 Å². The van der Waals surface area contributed by atoms with Crippen LogP contribution in [-0.4, -0.2) is 13.1 Å². The molecule has 98 valence electrons. The van der Waals surface area contributed by atoms with Crippen LogP contribution in [-0.2, 0) is 0 Å². The van der Waals surface area contributed by atoms with Gasteiger partial charge in [0.1, 0.15) is 0 Å². The highest BCUT2D eigenvalue weighted by molar-refractivity contribution is 7.17. The molecule has 0 radical (unpaired) electrons. The highest BCUT2D eigenvalue weighted by Crippen LogP contribution is 2.34. The number of hydrogen-bond acceptors (Lipinski definition) is 3. The van der Waals surface area contributed by atoms with Crippen LogP contribution in [0.1, 0.15) is 24.4 Å². The van der Waals surface area contributed by atoms with Crippen molar-refractivity contribution in [2.24, 2.45) is 11.7 Å². The first kappa shape index (κ1) is 13.8. The van der Waals surface area contributed by atoms with E-state index in [1.165, 1.54) is 28.5 Å². The minimum absolute atomic E-state index is 0. The van der Waals surface area contributed by atoms with E-state index in [1.807, 2.05) is 11.3 Å². The van der Waals surface area contributed by atoms with E-state index >= 15 is 0 Å². The van der Waals surface area contributed by atoms with Crippen LogP contribution >= 0.6 is 23.7 Å². The van der Waals surface area contributed by atoms with Crippen LogP contribution in [0.2, 0.25) is 0 Å². The monoisotopic (exact) mass is 282 g/mol. The minimum Gasteiger partial charge on any atom is -0.324 e. The van der Waals surface area contributed by atoms with Gasteiger partial charge < -0.3 is 11.1 Å². The number of fused-ring (bicyclic) bond motifs is 1. The van der Waals surface area contributed by atoms with Gasteiger partial charge >= 0.3 is 0 Å². The van der Waals surface area contributed by atoms with Gasteiger partial charge in [0.05, 0.1) is 0 Å². The lowest BCUT2D eigenvalue weighted by molar-refractivity contribution is 0.323. The summed E-state index contributed by atoms with van der Waals surface area (Å²) in [5, 5.41) is 7.00. The molecule has 0 bridgehead atoms. The van der Waals surface area contributed by atoms with Crippen molar-refractivity contribution in [1.29, 1.82) is 0 Å². The molecule has 1 aromatic heterocycles. The SMILES string of the molecule is Cl.N[C@@H](c1csc2ccccc12)C1CCNCC1. The molecule has 1 atom stereocenters. The average molecular weight is 283 g/mol. The average Bonchev–Trinajstić information content (AvgIpc) is 2.83. The quantitative estimate of drug-likeness (QED) is 0.887. The number of nitrogens with one attached hydrogen (secondary N) is 1. The molecule has 3 rings (SSSR count). The lowest BCUT2D eigenvalue weighted by Crippen LogP contribution is -2.33. The van der Waals surface area contributed by atoms with Crippen molar-refractivity contribution in [3.8, 4) is 0 Å². The van der Waals surface area contributed by atoms with E-state index in [2.05, 4.69) is 35.0 Å². The predicted molar refractivity (Wildman–Crippen MR) is 81.6 cm³/mol. The van der Waals surface area contributed by atoms with Gasteiger partial charge in [0.25, 0.3) is 0 Å². The Balaban J connectivity index is 0.00000120. The first-order chi connectivity index (χ1) is 8.36. The molecule has 1 aliphatic heterocycles. The third-order valence-electron chi connectivity index (χ3n) is 3.76. The lowest BCUT2D eigenvalue weighted by Gasteiger charge is -2.28. The molecule has 0 unspecified atom stereocenters. The van der Waals surface area contributed by atoms with Gasteiger partial charge in [0.15, 0.2) is 0 Å². The minimum atomic E-state index is 0.